The van der Waals surface area contributed by atoms with Gasteiger partial charge < -0.3 is 10.1 Å². The van der Waals surface area contributed by atoms with Crippen LogP contribution in [-0.4, -0.2) is 42.3 Å². The normalized spacial score (nSPS) is 14.1. The van der Waals surface area contributed by atoms with E-state index in [-0.39, 0.29) is 12.4 Å². The van der Waals surface area contributed by atoms with Gasteiger partial charge in [0, 0.05) is 17.6 Å². The second kappa shape index (κ2) is 6.04. The van der Waals surface area contributed by atoms with Crippen molar-refractivity contribution in [1.29, 1.82) is 0 Å². The molecule has 1 saturated heterocycles. The van der Waals surface area contributed by atoms with Gasteiger partial charge >= 0.3 is 6.03 Å². The van der Waals surface area contributed by atoms with Crippen LogP contribution in [0.25, 0.3) is 0 Å². The highest BCUT2D eigenvalue weighted by Gasteiger charge is 2.26. The van der Waals surface area contributed by atoms with E-state index >= 15 is 0 Å². The Hall–Kier alpha value is -1.89. The summed E-state index contributed by atoms with van der Waals surface area (Å²) in [5.74, 6) is -0.265. The molecular formula is C13H13BrN2O4. The smallest absolute Gasteiger partial charge is 0.324 e. The van der Waals surface area contributed by atoms with Crippen LogP contribution < -0.4 is 10.1 Å². The van der Waals surface area contributed by atoms with Crippen molar-refractivity contribution in [2.45, 2.75) is 6.92 Å². The summed E-state index contributed by atoms with van der Waals surface area (Å²) in [5, 5.41) is 2.54. The van der Waals surface area contributed by atoms with Gasteiger partial charge in [-0.1, -0.05) is 15.9 Å². The Morgan fingerprint density at radius 2 is 2.20 bits per heavy atom. The third-order valence-corrected chi connectivity index (χ3v) is 3.32. The fourth-order valence-electron chi connectivity index (χ4n) is 1.83. The lowest BCUT2D eigenvalue weighted by Crippen LogP contribution is -2.37. The van der Waals surface area contributed by atoms with Crippen LogP contribution in [-0.2, 0) is 4.79 Å². The van der Waals surface area contributed by atoms with Gasteiger partial charge in [-0.2, -0.15) is 0 Å². The van der Waals surface area contributed by atoms with Gasteiger partial charge in [-0.25, -0.2) is 4.79 Å². The molecule has 1 heterocycles. The Bertz CT molecular complexity index is 573. The van der Waals surface area contributed by atoms with Crippen molar-refractivity contribution >= 4 is 33.7 Å². The zero-order valence-electron chi connectivity index (χ0n) is 10.8. The molecule has 7 heteroatoms. The van der Waals surface area contributed by atoms with Crippen LogP contribution >= 0.6 is 15.9 Å². The standard InChI is InChI=1S/C13H13BrN2O4/c1-8(17)10-6-9(14)2-3-11(10)20-7-12(18)16-5-4-15-13(16)19/h2-3,6H,4-5,7H2,1H3,(H,15,19). The minimum absolute atomic E-state index is 0.160. The van der Waals surface area contributed by atoms with E-state index in [1.807, 2.05) is 0 Å². The Labute approximate surface area is 124 Å². The molecule has 0 atom stereocenters. The number of amides is 3. The molecule has 0 saturated carbocycles. The molecule has 6 nitrogen and oxygen atoms in total. The first-order chi connectivity index (χ1) is 9.49. The van der Waals surface area contributed by atoms with Crippen LogP contribution in [0.3, 0.4) is 0 Å². The minimum atomic E-state index is -0.433. The molecule has 1 aliphatic rings. The second-order valence-electron chi connectivity index (χ2n) is 4.26. The number of hydrogen-bond donors (Lipinski definition) is 1. The van der Waals surface area contributed by atoms with E-state index in [9.17, 15) is 14.4 Å². The number of carbonyl (C=O) groups is 3. The Morgan fingerprint density at radius 3 is 2.80 bits per heavy atom. The summed E-state index contributed by atoms with van der Waals surface area (Å²) in [5.41, 5.74) is 0.387. The number of ketones is 1. The molecule has 1 aromatic carbocycles. The fourth-order valence-corrected chi connectivity index (χ4v) is 2.19. The summed E-state index contributed by atoms with van der Waals surface area (Å²) >= 11 is 3.27. The van der Waals surface area contributed by atoms with Crippen LogP contribution in [0.15, 0.2) is 22.7 Å². The average Bonchev–Trinajstić information content (AvgIpc) is 2.83. The summed E-state index contributed by atoms with van der Waals surface area (Å²) in [7, 11) is 0. The molecule has 0 spiro atoms. The Balaban J connectivity index is 2.05. The predicted octanol–water partition coefficient (Wildman–Crippen LogP) is 1.58. The number of benzene rings is 1. The highest BCUT2D eigenvalue weighted by atomic mass is 79.9. The number of imide groups is 1. The molecule has 0 aliphatic carbocycles. The number of nitrogens with one attached hydrogen (secondary N) is 1. The molecule has 20 heavy (non-hydrogen) atoms. The van der Waals surface area contributed by atoms with Crippen molar-refractivity contribution in [3.05, 3.63) is 28.2 Å². The van der Waals surface area contributed by atoms with E-state index in [4.69, 9.17) is 4.74 Å². The fraction of sp³-hybridized carbons (Fsp3) is 0.308. The van der Waals surface area contributed by atoms with Gasteiger partial charge in [0.25, 0.3) is 5.91 Å². The first-order valence-corrected chi connectivity index (χ1v) is 6.80. The van der Waals surface area contributed by atoms with Crippen molar-refractivity contribution in [3.63, 3.8) is 0 Å². The molecule has 1 N–H and O–H groups in total. The second-order valence-corrected chi connectivity index (χ2v) is 5.18. The molecule has 1 fully saturated rings. The highest BCUT2D eigenvalue weighted by molar-refractivity contribution is 9.10. The zero-order chi connectivity index (χ0) is 14.7. The largest absolute Gasteiger partial charge is 0.483 e. The van der Waals surface area contributed by atoms with Gasteiger partial charge in [-0.3, -0.25) is 14.5 Å². The van der Waals surface area contributed by atoms with Crippen molar-refractivity contribution in [3.8, 4) is 5.75 Å². The number of nitrogens with zero attached hydrogens (tertiary/aromatic N) is 1. The van der Waals surface area contributed by atoms with E-state index in [2.05, 4.69) is 21.2 Å². The van der Waals surface area contributed by atoms with Gasteiger partial charge in [-0.05, 0) is 25.1 Å². The lowest BCUT2D eigenvalue weighted by Gasteiger charge is -2.14. The third-order valence-electron chi connectivity index (χ3n) is 2.83. The number of urea groups is 1. The summed E-state index contributed by atoms with van der Waals surface area (Å²) < 4.78 is 6.11. The van der Waals surface area contributed by atoms with Gasteiger partial charge in [0.2, 0.25) is 0 Å². The molecule has 106 valence electrons. The quantitative estimate of drug-likeness (QED) is 0.844. The van der Waals surface area contributed by atoms with Crippen LogP contribution in [0.2, 0.25) is 0 Å². The molecular weight excluding hydrogens is 328 g/mol. The summed E-state index contributed by atoms with van der Waals surface area (Å²) in [6.45, 7) is 1.92. The zero-order valence-corrected chi connectivity index (χ0v) is 12.4. The van der Waals surface area contributed by atoms with Crippen LogP contribution in [0.5, 0.6) is 5.75 Å². The molecule has 0 bridgehead atoms. The van der Waals surface area contributed by atoms with E-state index in [0.29, 0.717) is 24.4 Å². The van der Waals surface area contributed by atoms with Crippen molar-refractivity contribution in [1.82, 2.24) is 10.2 Å². The van der Waals surface area contributed by atoms with Gasteiger partial charge in [0.05, 0.1) is 5.56 Å². The first kappa shape index (κ1) is 14.5. The monoisotopic (exact) mass is 340 g/mol. The van der Waals surface area contributed by atoms with Crippen molar-refractivity contribution in [2.75, 3.05) is 19.7 Å². The SMILES string of the molecule is CC(=O)c1cc(Br)ccc1OCC(=O)N1CCNC1=O. The number of halogens is 1. The first-order valence-electron chi connectivity index (χ1n) is 6.00. The maximum atomic E-state index is 11.8. The van der Waals surface area contributed by atoms with E-state index in [1.54, 1.807) is 18.2 Å². The van der Waals surface area contributed by atoms with Crippen LogP contribution in [0.4, 0.5) is 4.79 Å². The highest BCUT2D eigenvalue weighted by Crippen LogP contribution is 2.23. The number of rotatable bonds is 4. The molecule has 1 aromatic rings. The molecule has 0 aromatic heterocycles. The summed E-state index contributed by atoms with van der Waals surface area (Å²) in [4.78, 5) is 35.7. The van der Waals surface area contributed by atoms with Crippen LogP contribution in [0.1, 0.15) is 17.3 Å². The number of hydrogen-bond acceptors (Lipinski definition) is 4. The molecule has 0 radical (unpaired) electrons. The summed E-state index contributed by atoms with van der Waals surface area (Å²) in [6, 6.07) is 4.54. The third kappa shape index (κ3) is 3.16. The number of carbonyl (C=O) groups excluding carboxylic acids is 3. The average molecular weight is 341 g/mol. The van der Waals surface area contributed by atoms with Gasteiger partial charge in [0.15, 0.2) is 12.4 Å². The van der Waals surface area contributed by atoms with Crippen molar-refractivity contribution < 1.29 is 19.1 Å². The maximum Gasteiger partial charge on any atom is 0.324 e. The van der Waals surface area contributed by atoms with Gasteiger partial charge in [0.1, 0.15) is 5.75 Å². The van der Waals surface area contributed by atoms with Gasteiger partial charge in [-0.15, -0.1) is 0 Å². The number of Topliss-reactive ketones (excluding diaryl/α,β-unsaturated/α-hetero) is 1. The van der Waals surface area contributed by atoms with Crippen LogP contribution in [0, 0.1) is 0 Å². The Kier molecular flexibility index (Phi) is 4.39. The van der Waals surface area contributed by atoms with E-state index in [1.165, 1.54) is 6.92 Å². The van der Waals surface area contributed by atoms with Crippen molar-refractivity contribution in [2.24, 2.45) is 0 Å². The van der Waals surface area contributed by atoms with E-state index < -0.39 is 11.9 Å². The predicted molar refractivity (Wildman–Crippen MR) is 74.8 cm³/mol. The minimum Gasteiger partial charge on any atom is -0.483 e. The lowest BCUT2D eigenvalue weighted by atomic mass is 10.1. The molecule has 2 rings (SSSR count). The topological polar surface area (TPSA) is 75.7 Å². The molecule has 3 amide bonds. The molecule has 1 aliphatic heterocycles. The maximum absolute atomic E-state index is 11.8. The summed E-state index contributed by atoms with van der Waals surface area (Å²) in [6.07, 6.45) is 0. The molecule has 0 unspecified atom stereocenters. The number of ether oxygens (including phenoxy) is 1. The van der Waals surface area contributed by atoms with E-state index in [0.717, 1.165) is 9.37 Å². The lowest BCUT2D eigenvalue weighted by molar-refractivity contribution is -0.129. The Morgan fingerprint density at radius 1 is 1.45 bits per heavy atom.